The van der Waals surface area contributed by atoms with Gasteiger partial charge >= 0.3 is 0 Å². The number of aromatic nitrogens is 2. The molecule has 66 valence electrons. The monoisotopic (exact) mass is 168 g/mol. The van der Waals surface area contributed by atoms with E-state index in [1.54, 1.807) is 17.9 Å². The van der Waals surface area contributed by atoms with Gasteiger partial charge < -0.3 is 4.74 Å². The summed E-state index contributed by atoms with van der Waals surface area (Å²) in [4.78, 5) is 11.3. The number of hydrogen-bond acceptors (Lipinski definition) is 3. The van der Waals surface area contributed by atoms with Crippen LogP contribution < -0.4 is 0 Å². The van der Waals surface area contributed by atoms with E-state index in [0.717, 1.165) is 5.69 Å². The van der Waals surface area contributed by atoms with Gasteiger partial charge in [0.15, 0.2) is 5.78 Å². The fraction of sp³-hybridized carbons (Fsp3) is 0.500. The highest BCUT2D eigenvalue weighted by molar-refractivity contribution is 5.97. The summed E-state index contributed by atoms with van der Waals surface area (Å²) < 4.78 is 6.41. The van der Waals surface area contributed by atoms with E-state index in [4.69, 9.17) is 4.74 Å². The third-order valence-electron chi connectivity index (χ3n) is 1.81. The highest BCUT2D eigenvalue weighted by Crippen LogP contribution is 2.06. The summed E-state index contributed by atoms with van der Waals surface area (Å²) in [6, 6.07) is 0. The Kier molecular flexibility index (Phi) is 2.60. The molecular formula is C8H12N2O2. The summed E-state index contributed by atoms with van der Waals surface area (Å²) >= 11 is 0. The van der Waals surface area contributed by atoms with Gasteiger partial charge in [-0.25, -0.2) is 0 Å². The summed E-state index contributed by atoms with van der Waals surface area (Å²) in [5, 5.41) is 3.96. The first-order chi connectivity index (χ1) is 5.66. The third kappa shape index (κ3) is 1.53. The van der Waals surface area contributed by atoms with E-state index in [9.17, 15) is 4.79 Å². The lowest BCUT2D eigenvalue weighted by Crippen LogP contribution is -2.08. The Morgan fingerprint density at radius 1 is 1.75 bits per heavy atom. The van der Waals surface area contributed by atoms with Gasteiger partial charge in [0.1, 0.15) is 6.61 Å². The van der Waals surface area contributed by atoms with Crippen molar-refractivity contribution in [3.05, 3.63) is 17.5 Å². The van der Waals surface area contributed by atoms with E-state index in [1.807, 2.05) is 6.92 Å². The first kappa shape index (κ1) is 8.93. The van der Waals surface area contributed by atoms with Crippen LogP contribution in [0.5, 0.6) is 0 Å². The molecule has 1 heterocycles. The van der Waals surface area contributed by atoms with Crippen LogP contribution in [-0.2, 0) is 11.8 Å². The van der Waals surface area contributed by atoms with Crippen LogP contribution in [0.25, 0.3) is 0 Å². The summed E-state index contributed by atoms with van der Waals surface area (Å²) in [7, 11) is 3.31. The minimum absolute atomic E-state index is 0.0249. The predicted molar refractivity (Wildman–Crippen MR) is 44.2 cm³/mol. The number of carbonyl (C=O) groups is 1. The van der Waals surface area contributed by atoms with Gasteiger partial charge in [-0.15, -0.1) is 0 Å². The van der Waals surface area contributed by atoms with Crippen molar-refractivity contribution < 1.29 is 9.53 Å². The van der Waals surface area contributed by atoms with Gasteiger partial charge in [0.05, 0.1) is 11.8 Å². The normalized spacial score (nSPS) is 10.2. The number of carbonyl (C=O) groups excluding carboxylic acids is 1. The number of methoxy groups -OCH3 is 1. The summed E-state index contributed by atoms with van der Waals surface area (Å²) in [5.41, 5.74) is 1.51. The van der Waals surface area contributed by atoms with Crippen molar-refractivity contribution >= 4 is 5.78 Å². The number of aryl methyl sites for hydroxylation is 1. The number of rotatable bonds is 3. The van der Waals surface area contributed by atoms with E-state index < -0.39 is 0 Å². The number of nitrogens with zero attached hydrogens (tertiary/aromatic N) is 2. The molecule has 0 amide bonds. The quantitative estimate of drug-likeness (QED) is 0.619. The molecule has 0 aromatic carbocycles. The minimum Gasteiger partial charge on any atom is -0.377 e. The Morgan fingerprint density at radius 2 is 2.42 bits per heavy atom. The summed E-state index contributed by atoms with van der Waals surface area (Å²) in [6.07, 6.45) is 1.57. The molecule has 0 fully saturated rings. The maximum Gasteiger partial charge on any atom is 0.191 e. The van der Waals surface area contributed by atoms with Crippen molar-refractivity contribution in [3.63, 3.8) is 0 Å². The molecule has 0 atom stereocenters. The molecule has 0 unspecified atom stereocenters. The molecule has 12 heavy (non-hydrogen) atoms. The van der Waals surface area contributed by atoms with Crippen molar-refractivity contribution in [3.8, 4) is 0 Å². The SMILES string of the molecule is COCC(=O)c1cnn(C)c1C. The zero-order valence-corrected chi connectivity index (χ0v) is 7.50. The second-order valence-corrected chi connectivity index (χ2v) is 2.62. The number of ether oxygens (including phenoxy) is 1. The van der Waals surface area contributed by atoms with Crippen LogP contribution in [0.2, 0.25) is 0 Å². The zero-order chi connectivity index (χ0) is 9.14. The summed E-state index contributed by atoms with van der Waals surface area (Å²) in [6.45, 7) is 1.97. The average Bonchev–Trinajstić information content (AvgIpc) is 2.34. The molecule has 0 N–H and O–H groups in total. The zero-order valence-electron chi connectivity index (χ0n) is 7.50. The van der Waals surface area contributed by atoms with E-state index in [1.165, 1.54) is 7.11 Å². The van der Waals surface area contributed by atoms with Crippen molar-refractivity contribution in [2.24, 2.45) is 7.05 Å². The van der Waals surface area contributed by atoms with E-state index in [2.05, 4.69) is 5.10 Å². The summed E-state index contributed by atoms with van der Waals surface area (Å²) in [5.74, 6) is -0.0249. The van der Waals surface area contributed by atoms with Gasteiger partial charge in [-0.2, -0.15) is 5.10 Å². The molecule has 0 aliphatic rings. The maximum atomic E-state index is 11.3. The highest BCUT2D eigenvalue weighted by Gasteiger charge is 2.11. The molecule has 0 radical (unpaired) electrons. The number of hydrogen-bond donors (Lipinski definition) is 0. The highest BCUT2D eigenvalue weighted by atomic mass is 16.5. The number of ketones is 1. The van der Waals surface area contributed by atoms with Gasteiger partial charge in [-0.05, 0) is 6.92 Å². The lowest BCUT2D eigenvalue weighted by molar-refractivity contribution is 0.0847. The lowest BCUT2D eigenvalue weighted by atomic mass is 10.2. The minimum atomic E-state index is -0.0249. The Hall–Kier alpha value is -1.16. The largest absolute Gasteiger partial charge is 0.377 e. The van der Waals surface area contributed by atoms with Crippen LogP contribution in [0.4, 0.5) is 0 Å². The van der Waals surface area contributed by atoms with E-state index >= 15 is 0 Å². The van der Waals surface area contributed by atoms with Crippen molar-refractivity contribution in [1.82, 2.24) is 9.78 Å². The lowest BCUT2D eigenvalue weighted by Gasteiger charge is -1.97. The number of Topliss-reactive ketones (excluding diaryl/α,β-unsaturated/α-hetero) is 1. The molecule has 0 saturated carbocycles. The molecule has 1 aromatic rings. The second-order valence-electron chi connectivity index (χ2n) is 2.62. The standard InChI is InChI=1S/C8H12N2O2/c1-6-7(4-9-10(6)2)8(11)5-12-3/h4H,5H2,1-3H3. The molecule has 0 aliphatic carbocycles. The Morgan fingerprint density at radius 3 is 2.83 bits per heavy atom. The van der Waals surface area contributed by atoms with Crippen molar-refractivity contribution in [2.75, 3.05) is 13.7 Å². The predicted octanol–water partition coefficient (Wildman–Crippen LogP) is 0.558. The Balaban J connectivity index is 2.88. The van der Waals surface area contributed by atoms with Gasteiger partial charge in [0.2, 0.25) is 0 Å². The molecule has 4 heteroatoms. The van der Waals surface area contributed by atoms with Crippen LogP contribution in [0, 0.1) is 6.92 Å². The molecule has 0 saturated heterocycles. The van der Waals surface area contributed by atoms with Crippen LogP contribution in [0.3, 0.4) is 0 Å². The second kappa shape index (κ2) is 3.49. The van der Waals surface area contributed by atoms with E-state index in [0.29, 0.717) is 5.56 Å². The van der Waals surface area contributed by atoms with Crippen LogP contribution in [0.1, 0.15) is 16.1 Å². The first-order valence-corrected chi connectivity index (χ1v) is 3.67. The fourth-order valence-corrected chi connectivity index (χ4v) is 0.981. The molecule has 0 aliphatic heterocycles. The van der Waals surface area contributed by atoms with Gasteiger partial charge in [0, 0.05) is 19.9 Å². The van der Waals surface area contributed by atoms with Crippen LogP contribution in [0.15, 0.2) is 6.20 Å². The maximum absolute atomic E-state index is 11.3. The Labute approximate surface area is 71.1 Å². The molecule has 1 aromatic heterocycles. The van der Waals surface area contributed by atoms with E-state index in [-0.39, 0.29) is 12.4 Å². The molecular weight excluding hydrogens is 156 g/mol. The topological polar surface area (TPSA) is 44.1 Å². The average molecular weight is 168 g/mol. The molecule has 1 rings (SSSR count). The molecule has 0 spiro atoms. The Bertz CT molecular complexity index is 291. The van der Waals surface area contributed by atoms with Gasteiger partial charge in [-0.3, -0.25) is 9.48 Å². The fourth-order valence-electron chi connectivity index (χ4n) is 0.981. The third-order valence-corrected chi connectivity index (χ3v) is 1.81. The smallest absolute Gasteiger partial charge is 0.191 e. The van der Waals surface area contributed by atoms with Crippen LogP contribution in [-0.4, -0.2) is 29.3 Å². The van der Waals surface area contributed by atoms with Gasteiger partial charge in [0.25, 0.3) is 0 Å². The van der Waals surface area contributed by atoms with Crippen LogP contribution >= 0.6 is 0 Å². The van der Waals surface area contributed by atoms with Gasteiger partial charge in [-0.1, -0.05) is 0 Å². The van der Waals surface area contributed by atoms with Crippen molar-refractivity contribution in [1.29, 1.82) is 0 Å². The molecule has 4 nitrogen and oxygen atoms in total. The molecule has 0 bridgehead atoms. The van der Waals surface area contributed by atoms with Crippen molar-refractivity contribution in [2.45, 2.75) is 6.92 Å². The first-order valence-electron chi connectivity index (χ1n) is 3.67.